The number of aromatic amines is 1. The van der Waals surface area contributed by atoms with Crippen LogP contribution in [0.2, 0.25) is 0 Å². The smallest absolute Gasteiger partial charge is 0.361 e. The van der Waals surface area contributed by atoms with Crippen molar-refractivity contribution in [2.45, 2.75) is 75.0 Å². The van der Waals surface area contributed by atoms with Gasteiger partial charge in [-0.3, -0.25) is 9.59 Å². The number of nitrogens with zero attached hydrogens (tertiary/aromatic N) is 1. The lowest BCUT2D eigenvalue weighted by atomic mass is 9.85. The van der Waals surface area contributed by atoms with Crippen molar-refractivity contribution in [2.24, 2.45) is 0 Å². The first-order chi connectivity index (χ1) is 23.3. The second-order valence-electron chi connectivity index (χ2n) is 12.5. The van der Waals surface area contributed by atoms with E-state index >= 15 is 0 Å². The number of H-pyrrole nitrogens is 1. The van der Waals surface area contributed by atoms with E-state index in [4.69, 9.17) is 0 Å². The van der Waals surface area contributed by atoms with Gasteiger partial charge in [-0.25, -0.2) is 4.79 Å². The number of para-hydroxylation sites is 1. The fourth-order valence-corrected chi connectivity index (χ4v) is 7.10. The monoisotopic (exact) mass is 684 g/mol. The molecule has 0 radical (unpaired) electrons. The van der Waals surface area contributed by atoms with Crippen LogP contribution in [-0.2, 0) is 18.8 Å². The van der Waals surface area contributed by atoms with Gasteiger partial charge in [0, 0.05) is 46.9 Å². The van der Waals surface area contributed by atoms with Crippen molar-refractivity contribution in [3.05, 3.63) is 107 Å². The Labute approximate surface area is 278 Å². The molecule has 2 heterocycles. The minimum absolute atomic E-state index is 0.0435. The van der Waals surface area contributed by atoms with Crippen molar-refractivity contribution in [1.29, 1.82) is 0 Å². The van der Waals surface area contributed by atoms with E-state index < -0.39 is 70.3 Å². The predicted molar refractivity (Wildman–Crippen MR) is 170 cm³/mol. The Hall–Kier alpha value is -4.65. The second kappa shape index (κ2) is 13.7. The Bertz CT molecular complexity index is 1850. The summed E-state index contributed by atoms with van der Waals surface area (Å²) in [5.74, 6) is -2.18. The van der Waals surface area contributed by atoms with Gasteiger partial charge in [0.15, 0.2) is 11.6 Å². The summed E-state index contributed by atoms with van der Waals surface area (Å²) < 4.78 is 85.1. The highest BCUT2D eigenvalue weighted by Gasteiger charge is 2.50. The first-order valence-electron chi connectivity index (χ1n) is 16.1. The van der Waals surface area contributed by atoms with Crippen molar-refractivity contribution < 1.29 is 40.7 Å². The molecule has 1 aromatic heterocycles. The van der Waals surface area contributed by atoms with Crippen LogP contribution in [0.25, 0.3) is 10.9 Å². The summed E-state index contributed by atoms with van der Waals surface area (Å²) in [4.78, 5) is 47.0. The summed E-state index contributed by atoms with van der Waals surface area (Å²) in [7, 11) is 0. The van der Waals surface area contributed by atoms with E-state index in [0.717, 1.165) is 71.5 Å². The summed E-state index contributed by atoms with van der Waals surface area (Å²) in [6.07, 6.45) is -4.36. The molecule has 3 aromatic carbocycles. The normalized spacial score (nSPS) is 20.7. The first kappa shape index (κ1) is 34.2. The van der Waals surface area contributed by atoms with Crippen molar-refractivity contribution >= 4 is 28.5 Å². The standard InChI is InChI=1S/C36H34F6N4O3/c37-35(38,39)26-15-7-4-13-24(26)32(47)30-20-44-29(18-21-19-43-28-17-9-6-12-23(21)28)31(46(30)34(49)45-22-10-2-1-3-11-22)33(48)25-14-5-8-16-27(25)36(40,41)42/h4-9,12-17,19,22,29-31,43-44H,1-3,10-11,18,20H2,(H,45,49). The fourth-order valence-electron chi connectivity index (χ4n) is 7.10. The molecule has 3 unspecified atom stereocenters. The molecular formula is C36H34F6N4O3. The van der Waals surface area contributed by atoms with Gasteiger partial charge in [-0.1, -0.05) is 73.9 Å². The number of carbonyl (C=O) groups is 3. The third kappa shape index (κ3) is 7.08. The van der Waals surface area contributed by atoms with E-state index in [0.29, 0.717) is 18.4 Å². The number of Topliss-reactive ketones (excluding diaryl/α,β-unsaturated/α-hetero) is 2. The number of hydrogen-bond acceptors (Lipinski definition) is 4. The second-order valence-corrected chi connectivity index (χ2v) is 12.5. The summed E-state index contributed by atoms with van der Waals surface area (Å²) in [5, 5.41) is 6.73. The highest BCUT2D eigenvalue weighted by Crippen LogP contribution is 2.36. The molecule has 1 aliphatic carbocycles. The Morgan fingerprint density at radius 3 is 1.96 bits per heavy atom. The van der Waals surface area contributed by atoms with Crippen LogP contribution in [-0.4, -0.2) is 58.2 Å². The van der Waals surface area contributed by atoms with Gasteiger partial charge >= 0.3 is 18.4 Å². The number of urea groups is 1. The van der Waals surface area contributed by atoms with E-state index in [1.54, 1.807) is 12.3 Å². The van der Waals surface area contributed by atoms with Gasteiger partial charge in [0.05, 0.1) is 11.1 Å². The van der Waals surface area contributed by atoms with Crippen LogP contribution in [0.5, 0.6) is 0 Å². The lowest BCUT2D eigenvalue weighted by Crippen LogP contribution is -2.71. The molecular weight excluding hydrogens is 650 g/mol. The Kier molecular flexibility index (Phi) is 9.56. The quantitative estimate of drug-likeness (QED) is 0.138. The summed E-state index contributed by atoms with van der Waals surface area (Å²) >= 11 is 0. The van der Waals surface area contributed by atoms with E-state index in [-0.39, 0.29) is 19.0 Å². The number of carbonyl (C=O) groups excluding carboxylic acids is 3. The van der Waals surface area contributed by atoms with E-state index in [2.05, 4.69) is 15.6 Å². The van der Waals surface area contributed by atoms with Gasteiger partial charge < -0.3 is 20.5 Å². The maximum absolute atomic E-state index is 14.5. The molecule has 49 heavy (non-hydrogen) atoms. The highest BCUT2D eigenvalue weighted by atomic mass is 19.4. The molecule has 1 aliphatic heterocycles. The number of benzene rings is 3. The van der Waals surface area contributed by atoms with E-state index in [9.17, 15) is 40.7 Å². The van der Waals surface area contributed by atoms with Gasteiger partial charge in [0.1, 0.15) is 12.1 Å². The molecule has 0 bridgehead atoms. The fraction of sp³-hybridized carbons (Fsp3) is 0.361. The van der Waals surface area contributed by atoms with Crippen LogP contribution in [0, 0.1) is 0 Å². The zero-order valence-corrected chi connectivity index (χ0v) is 26.2. The molecule has 3 atom stereocenters. The maximum Gasteiger partial charge on any atom is 0.417 e. The number of hydrogen-bond donors (Lipinski definition) is 3. The largest absolute Gasteiger partial charge is 0.417 e. The molecule has 2 aliphatic rings. The van der Waals surface area contributed by atoms with Gasteiger partial charge in [-0.05, 0) is 43.0 Å². The van der Waals surface area contributed by atoms with Gasteiger partial charge in [0.25, 0.3) is 0 Å². The van der Waals surface area contributed by atoms with Crippen molar-refractivity contribution in [3.8, 4) is 0 Å². The molecule has 6 rings (SSSR count). The van der Waals surface area contributed by atoms with Crippen LogP contribution >= 0.6 is 0 Å². The van der Waals surface area contributed by atoms with Crippen molar-refractivity contribution in [3.63, 3.8) is 0 Å². The lowest BCUT2D eigenvalue weighted by Gasteiger charge is -2.46. The summed E-state index contributed by atoms with van der Waals surface area (Å²) in [5.41, 5.74) is -2.43. The number of piperazine rings is 1. The molecule has 4 aromatic rings. The lowest BCUT2D eigenvalue weighted by molar-refractivity contribution is -0.138. The topological polar surface area (TPSA) is 94.3 Å². The molecule has 1 saturated carbocycles. The number of ketones is 2. The van der Waals surface area contributed by atoms with E-state index in [1.165, 1.54) is 12.1 Å². The maximum atomic E-state index is 14.5. The first-order valence-corrected chi connectivity index (χ1v) is 16.1. The number of amides is 2. The van der Waals surface area contributed by atoms with Crippen molar-refractivity contribution in [1.82, 2.24) is 20.5 Å². The zero-order valence-electron chi connectivity index (χ0n) is 26.2. The number of alkyl halides is 6. The molecule has 258 valence electrons. The number of aromatic nitrogens is 1. The van der Waals surface area contributed by atoms with Crippen LogP contribution < -0.4 is 10.6 Å². The molecule has 13 heteroatoms. The van der Waals surface area contributed by atoms with Crippen molar-refractivity contribution in [2.75, 3.05) is 6.54 Å². The predicted octanol–water partition coefficient (Wildman–Crippen LogP) is 7.57. The van der Waals surface area contributed by atoms with Crippen LogP contribution in [0.15, 0.2) is 79.0 Å². The van der Waals surface area contributed by atoms with Gasteiger partial charge in [0.2, 0.25) is 0 Å². The minimum Gasteiger partial charge on any atom is -0.361 e. The summed E-state index contributed by atoms with van der Waals surface area (Å²) in [6.45, 7) is -0.346. The Balaban J connectivity index is 1.49. The number of fused-ring (bicyclic) bond motifs is 1. The molecule has 2 amide bonds. The zero-order chi connectivity index (χ0) is 34.9. The SMILES string of the molecule is O=C(c1ccccc1C(F)(F)F)C1CNC(Cc2c[nH]c3ccccc23)C(C(=O)c2ccccc2C(F)(F)F)N1C(=O)NC1CCCCC1. The minimum atomic E-state index is -4.93. The third-order valence-electron chi connectivity index (χ3n) is 9.44. The number of halogens is 6. The number of nitrogens with one attached hydrogen (secondary N) is 3. The highest BCUT2D eigenvalue weighted by molar-refractivity contribution is 6.07. The average molecular weight is 685 g/mol. The van der Waals surface area contributed by atoms with Gasteiger partial charge in [-0.15, -0.1) is 0 Å². The van der Waals surface area contributed by atoms with Crippen LogP contribution in [0.1, 0.15) is 69.5 Å². The Morgan fingerprint density at radius 1 is 0.755 bits per heavy atom. The molecule has 7 nitrogen and oxygen atoms in total. The molecule has 1 saturated heterocycles. The third-order valence-corrected chi connectivity index (χ3v) is 9.44. The van der Waals surface area contributed by atoms with Crippen LogP contribution in [0.3, 0.4) is 0 Å². The molecule has 2 fully saturated rings. The molecule has 3 N–H and O–H groups in total. The van der Waals surface area contributed by atoms with Crippen LogP contribution in [0.4, 0.5) is 31.1 Å². The van der Waals surface area contributed by atoms with E-state index in [1.807, 2.05) is 18.2 Å². The Morgan fingerprint density at radius 2 is 1.33 bits per heavy atom. The number of rotatable bonds is 7. The average Bonchev–Trinajstić information content (AvgIpc) is 3.49. The summed E-state index contributed by atoms with van der Waals surface area (Å²) in [6, 6.07) is 9.93. The molecule has 0 spiro atoms. The van der Waals surface area contributed by atoms with Gasteiger partial charge in [-0.2, -0.15) is 26.3 Å².